The van der Waals surface area contributed by atoms with Gasteiger partial charge in [0.05, 0.1) is 25.7 Å². The number of carbonyl (C=O) groups is 1. The molecule has 162 valence electrons. The Kier molecular flexibility index (Phi) is 6.59. The fourth-order valence-corrected chi connectivity index (χ4v) is 4.45. The van der Waals surface area contributed by atoms with Gasteiger partial charge in [-0.3, -0.25) is 4.72 Å². The van der Waals surface area contributed by atoms with Crippen molar-refractivity contribution >= 4 is 27.5 Å². The first-order valence-corrected chi connectivity index (χ1v) is 11.0. The van der Waals surface area contributed by atoms with Crippen LogP contribution in [0.2, 0.25) is 0 Å². The highest BCUT2D eigenvalue weighted by atomic mass is 32.2. The lowest BCUT2D eigenvalue weighted by molar-refractivity contribution is -0.0242. The molecule has 0 aromatic carbocycles. The molecule has 0 atom stereocenters. The lowest BCUT2D eigenvalue weighted by Crippen LogP contribution is -2.36. The van der Waals surface area contributed by atoms with E-state index in [9.17, 15) is 17.6 Å². The molecule has 1 saturated carbocycles. The molecule has 1 spiro atoms. The van der Waals surface area contributed by atoms with Gasteiger partial charge in [-0.1, -0.05) is 0 Å². The molecule has 1 aromatic heterocycles. The lowest BCUT2D eigenvalue weighted by Gasteiger charge is -2.34. The molecule has 1 aromatic rings. The molecule has 2 aliphatic rings. The van der Waals surface area contributed by atoms with E-state index in [4.69, 9.17) is 9.47 Å². The number of halogens is 1. The molecule has 29 heavy (non-hydrogen) atoms. The minimum Gasteiger partial charge on any atom is -0.465 e. The second-order valence-corrected chi connectivity index (χ2v) is 9.24. The average Bonchev–Trinajstić information content (AvgIpc) is 3.45. The average molecular weight is 431 g/mol. The fraction of sp³-hybridized carbons (Fsp3) is 0.667. The molecule has 0 bridgehead atoms. The monoisotopic (exact) mass is 431 g/mol. The minimum atomic E-state index is -3.98. The zero-order chi connectivity index (χ0) is 21.1. The van der Waals surface area contributed by atoms with E-state index in [-0.39, 0.29) is 24.8 Å². The quantitative estimate of drug-likeness (QED) is 0.358. The van der Waals surface area contributed by atoms with Crippen LogP contribution in [-0.2, 0) is 24.2 Å². The number of carbonyl (C=O) groups excluding carboxylic acids is 1. The summed E-state index contributed by atoms with van der Waals surface area (Å²) in [6.45, 7) is 1.12. The molecule has 1 aliphatic heterocycles. The summed E-state index contributed by atoms with van der Waals surface area (Å²) in [5, 5.41) is 0. The summed E-state index contributed by atoms with van der Waals surface area (Å²) in [6, 6.07) is 0. The topological polar surface area (TPSA) is 107 Å². The van der Waals surface area contributed by atoms with Crippen LogP contribution >= 0.6 is 0 Å². The molecule has 2 heterocycles. The number of anilines is 2. The first-order valence-electron chi connectivity index (χ1n) is 9.40. The van der Waals surface area contributed by atoms with E-state index in [2.05, 4.69) is 14.4 Å². The van der Waals surface area contributed by atoms with Crippen LogP contribution in [0.1, 0.15) is 36.0 Å². The van der Waals surface area contributed by atoms with Crippen molar-refractivity contribution < 1.29 is 31.8 Å². The summed E-state index contributed by atoms with van der Waals surface area (Å²) >= 11 is 0. The summed E-state index contributed by atoms with van der Waals surface area (Å²) in [5.41, 5.74) is -0.282. The molecule has 11 heteroatoms. The normalized spacial score (nSPS) is 18.0. The van der Waals surface area contributed by atoms with Crippen LogP contribution in [0.5, 0.6) is 0 Å². The Bertz CT molecular complexity index is 849. The number of esters is 1. The number of nitrogens with one attached hydrogen (secondary N) is 1. The van der Waals surface area contributed by atoms with Gasteiger partial charge in [0, 0.05) is 20.2 Å². The van der Waals surface area contributed by atoms with Gasteiger partial charge in [0.1, 0.15) is 23.9 Å². The van der Waals surface area contributed by atoms with Crippen LogP contribution in [0.25, 0.3) is 0 Å². The van der Waals surface area contributed by atoms with Gasteiger partial charge in [0.15, 0.2) is 5.82 Å². The van der Waals surface area contributed by atoms with Crippen molar-refractivity contribution in [3.05, 3.63) is 17.6 Å². The number of piperidine rings is 1. The largest absolute Gasteiger partial charge is 0.465 e. The second-order valence-electron chi connectivity index (χ2n) is 7.39. The van der Waals surface area contributed by atoms with Crippen molar-refractivity contribution in [2.75, 3.05) is 56.1 Å². The predicted molar refractivity (Wildman–Crippen MR) is 104 cm³/mol. The Morgan fingerprint density at radius 3 is 2.55 bits per heavy atom. The third kappa shape index (κ3) is 5.14. The van der Waals surface area contributed by atoms with Crippen LogP contribution in [0.15, 0.2) is 6.20 Å². The summed E-state index contributed by atoms with van der Waals surface area (Å²) in [6.07, 6.45) is 5.26. The van der Waals surface area contributed by atoms with Gasteiger partial charge < -0.3 is 19.1 Å². The Labute approximate surface area is 169 Å². The second kappa shape index (κ2) is 8.80. The standard InChI is InChI=1S/C18H26FN3O6S/c1-26-12-28-9-10-29(24,25)21-15-13(19)11-20-16(14(15)17(23)27-2)22-7-5-18(3-4-18)6-8-22/h11H,3-10,12H2,1-2H3,(H,20,21). The number of ether oxygens (including phenoxy) is 3. The maximum atomic E-state index is 14.5. The molecular formula is C18H26FN3O6S. The number of rotatable bonds is 9. The number of hydrogen-bond acceptors (Lipinski definition) is 8. The number of nitrogens with zero attached hydrogens (tertiary/aromatic N) is 2. The summed E-state index contributed by atoms with van der Waals surface area (Å²) in [7, 11) is -1.41. The van der Waals surface area contributed by atoms with Gasteiger partial charge in [-0.15, -0.1) is 0 Å². The van der Waals surface area contributed by atoms with E-state index < -0.39 is 33.3 Å². The highest BCUT2D eigenvalue weighted by Gasteiger charge is 2.45. The van der Waals surface area contributed by atoms with Gasteiger partial charge in [-0.2, -0.15) is 0 Å². The number of sulfonamides is 1. The fourth-order valence-electron chi connectivity index (χ4n) is 3.50. The Morgan fingerprint density at radius 2 is 1.97 bits per heavy atom. The van der Waals surface area contributed by atoms with Crippen LogP contribution in [0.3, 0.4) is 0 Å². The van der Waals surface area contributed by atoms with Gasteiger partial charge in [0.2, 0.25) is 10.0 Å². The highest BCUT2D eigenvalue weighted by Crippen LogP contribution is 2.54. The van der Waals surface area contributed by atoms with Crippen LogP contribution in [0.4, 0.5) is 15.9 Å². The Balaban J connectivity index is 1.86. The first kappa shape index (κ1) is 21.7. The molecule has 3 rings (SSSR count). The molecule has 0 amide bonds. The minimum absolute atomic E-state index is 0.0624. The van der Waals surface area contributed by atoms with Gasteiger partial charge in [0.25, 0.3) is 0 Å². The zero-order valence-electron chi connectivity index (χ0n) is 16.6. The maximum absolute atomic E-state index is 14.5. The van der Waals surface area contributed by atoms with E-state index in [0.29, 0.717) is 18.5 Å². The SMILES string of the molecule is COCOCCS(=O)(=O)Nc1c(F)cnc(N2CCC3(CC2)CC3)c1C(=O)OC. The van der Waals surface area contributed by atoms with Crippen molar-refractivity contribution in [1.29, 1.82) is 0 Å². The number of methoxy groups -OCH3 is 2. The van der Waals surface area contributed by atoms with Crippen molar-refractivity contribution in [2.45, 2.75) is 25.7 Å². The Morgan fingerprint density at radius 1 is 1.28 bits per heavy atom. The molecule has 9 nitrogen and oxygen atoms in total. The molecule has 0 unspecified atom stereocenters. The third-order valence-corrected chi connectivity index (χ3v) is 6.66. The predicted octanol–water partition coefficient (Wildman–Crippen LogP) is 1.75. The highest BCUT2D eigenvalue weighted by molar-refractivity contribution is 7.92. The van der Waals surface area contributed by atoms with E-state index >= 15 is 0 Å². The van der Waals surface area contributed by atoms with Crippen LogP contribution in [-0.4, -0.2) is 65.8 Å². The van der Waals surface area contributed by atoms with Gasteiger partial charge in [-0.05, 0) is 31.1 Å². The molecule has 1 saturated heterocycles. The molecule has 1 aliphatic carbocycles. The number of aromatic nitrogens is 1. The van der Waals surface area contributed by atoms with E-state index in [1.54, 1.807) is 0 Å². The van der Waals surface area contributed by atoms with Crippen molar-refractivity contribution in [2.24, 2.45) is 5.41 Å². The molecule has 0 radical (unpaired) electrons. The van der Waals surface area contributed by atoms with E-state index in [1.165, 1.54) is 20.0 Å². The van der Waals surface area contributed by atoms with Crippen molar-refractivity contribution in [3.63, 3.8) is 0 Å². The lowest BCUT2D eigenvalue weighted by atomic mass is 9.93. The zero-order valence-corrected chi connectivity index (χ0v) is 17.4. The summed E-state index contributed by atoms with van der Waals surface area (Å²) in [4.78, 5) is 18.4. The number of hydrogen-bond donors (Lipinski definition) is 1. The van der Waals surface area contributed by atoms with Crippen LogP contribution < -0.4 is 9.62 Å². The van der Waals surface area contributed by atoms with E-state index in [0.717, 1.165) is 26.1 Å². The van der Waals surface area contributed by atoms with E-state index in [1.807, 2.05) is 4.90 Å². The molecule has 1 N–H and O–H groups in total. The number of pyridine rings is 1. The summed E-state index contributed by atoms with van der Waals surface area (Å²) in [5.74, 6) is -2.01. The van der Waals surface area contributed by atoms with Crippen molar-refractivity contribution in [1.82, 2.24) is 4.98 Å². The van der Waals surface area contributed by atoms with Crippen molar-refractivity contribution in [3.8, 4) is 0 Å². The smallest absolute Gasteiger partial charge is 0.343 e. The first-order chi connectivity index (χ1) is 13.8. The maximum Gasteiger partial charge on any atom is 0.343 e. The van der Waals surface area contributed by atoms with Gasteiger partial charge >= 0.3 is 5.97 Å². The van der Waals surface area contributed by atoms with Gasteiger partial charge in [-0.25, -0.2) is 22.6 Å². The Hall–Kier alpha value is -1.98. The van der Waals surface area contributed by atoms with Crippen LogP contribution in [0, 0.1) is 11.2 Å². The molecule has 2 fully saturated rings. The summed E-state index contributed by atoms with van der Waals surface area (Å²) < 4.78 is 55.9. The molecular weight excluding hydrogens is 405 g/mol. The third-order valence-electron chi connectivity index (χ3n) is 5.44.